The van der Waals surface area contributed by atoms with E-state index in [1.54, 1.807) is 0 Å². The molecular formula is C40H83N2O6P. The van der Waals surface area contributed by atoms with E-state index in [0.717, 1.165) is 38.5 Å². The molecule has 0 rings (SSSR count). The van der Waals surface area contributed by atoms with Crippen molar-refractivity contribution < 1.29 is 32.9 Å². The summed E-state index contributed by atoms with van der Waals surface area (Å²) in [4.78, 5) is 25.2. The van der Waals surface area contributed by atoms with Gasteiger partial charge in [0.1, 0.15) is 13.2 Å². The van der Waals surface area contributed by atoms with Gasteiger partial charge in [-0.2, -0.15) is 0 Å². The number of carbonyl (C=O) groups excluding carboxylic acids is 1. The molecule has 0 spiro atoms. The molecule has 0 aromatic heterocycles. The van der Waals surface area contributed by atoms with Gasteiger partial charge in [-0.25, -0.2) is 0 Å². The van der Waals surface area contributed by atoms with Crippen LogP contribution in [-0.4, -0.2) is 68.5 Å². The Balaban J connectivity index is 4.35. The SMILES string of the molecule is CCCCCCCCCCCCCCCCCCC(=O)NC(COP(=O)([O-])OCC[N+](C)(C)C)C(O)CCCCCCCCCCCCC. The maximum atomic E-state index is 12.8. The number of rotatable bonds is 38. The maximum absolute atomic E-state index is 12.8. The number of phosphoric acid groups is 1. The third-order valence-corrected chi connectivity index (χ3v) is 10.6. The van der Waals surface area contributed by atoms with Crippen molar-refractivity contribution in [2.24, 2.45) is 0 Å². The normalized spacial score (nSPS) is 14.5. The minimum atomic E-state index is -4.55. The molecule has 49 heavy (non-hydrogen) atoms. The molecule has 3 atom stereocenters. The van der Waals surface area contributed by atoms with Gasteiger partial charge in [-0.1, -0.05) is 181 Å². The predicted molar refractivity (Wildman–Crippen MR) is 206 cm³/mol. The Morgan fingerprint density at radius 1 is 0.633 bits per heavy atom. The van der Waals surface area contributed by atoms with E-state index < -0.39 is 20.0 Å². The molecule has 0 aliphatic rings. The van der Waals surface area contributed by atoms with Crippen LogP contribution in [0.5, 0.6) is 0 Å². The van der Waals surface area contributed by atoms with E-state index >= 15 is 0 Å². The van der Waals surface area contributed by atoms with Crippen LogP contribution in [0.1, 0.15) is 200 Å². The average molecular weight is 719 g/mol. The van der Waals surface area contributed by atoms with Crippen LogP contribution in [0.2, 0.25) is 0 Å². The lowest BCUT2D eigenvalue weighted by atomic mass is 10.0. The Kier molecular flexibility index (Phi) is 33.0. The smallest absolute Gasteiger partial charge is 0.268 e. The van der Waals surface area contributed by atoms with E-state index in [1.807, 2.05) is 21.1 Å². The van der Waals surface area contributed by atoms with E-state index in [4.69, 9.17) is 9.05 Å². The predicted octanol–water partition coefficient (Wildman–Crippen LogP) is 10.4. The largest absolute Gasteiger partial charge is 0.756 e. The van der Waals surface area contributed by atoms with Gasteiger partial charge in [-0.3, -0.25) is 9.36 Å². The minimum absolute atomic E-state index is 0.0157. The third-order valence-electron chi connectivity index (χ3n) is 9.60. The second-order valence-electron chi connectivity index (χ2n) is 15.7. The Hall–Kier alpha value is -0.500. The van der Waals surface area contributed by atoms with Gasteiger partial charge in [0.15, 0.2) is 0 Å². The number of amides is 1. The van der Waals surface area contributed by atoms with Crippen molar-refractivity contribution in [3.05, 3.63) is 0 Å². The van der Waals surface area contributed by atoms with Crippen molar-refractivity contribution >= 4 is 13.7 Å². The van der Waals surface area contributed by atoms with E-state index in [9.17, 15) is 19.4 Å². The van der Waals surface area contributed by atoms with Crippen LogP contribution in [0.25, 0.3) is 0 Å². The lowest BCUT2D eigenvalue weighted by Gasteiger charge is -2.30. The Morgan fingerprint density at radius 3 is 1.39 bits per heavy atom. The molecule has 0 bridgehead atoms. The lowest BCUT2D eigenvalue weighted by Crippen LogP contribution is -2.46. The van der Waals surface area contributed by atoms with Crippen molar-refractivity contribution in [1.82, 2.24) is 5.32 Å². The van der Waals surface area contributed by atoms with Crippen LogP contribution in [0.4, 0.5) is 0 Å². The van der Waals surface area contributed by atoms with Crippen LogP contribution in [0, 0.1) is 0 Å². The first-order valence-electron chi connectivity index (χ1n) is 20.9. The van der Waals surface area contributed by atoms with E-state index in [1.165, 1.54) is 135 Å². The van der Waals surface area contributed by atoms with Crippen LogP contribution in [-0.2, 0) is 18.4 Å². The van der Waals surface area contributed by atoms with Gasteiger partial charge in [0, 0.05) is 6.42 Å². The molecule has 3 unspecified atom stereocenters. The molecule has 9 heteroatoms. The number of hydrogen-bond donors (Lipinski definition) is 2. The summed E-state index contributed by atoms with van der Waals surface area (Å²) < 4.78 is 23.2. The maximum Gasteiger partial charge on any atom is 0.268 e. The van der Waals surface area contributed by atoms with Crippen molar-refractivity contribution in [3.63, 3.8) is 0 Å². The molecule has 0 heterocycles. The number of unbranched alkanes of at least 4 members (excludes halogenated alkanes) is 25. The van der Waals surface area contributed by atoms with Crippen LogP contribution >= 0.6 is 7.82 Å². The molecule has 0 radical (unpaired) electrons. The summed E-state index contributed by atoms with van der Waals surface area (Å²) >= 11 is 0. The monoisotopic (exact) mass is 719 g/mol. The number of phosphoric ester groups is 1. The third kappa shape index (κ3) is 35.7. The molecule has 2 N–H and O–H groups in total. The molecule has 0 aliphatic heterocycles. The summed E-state index contributed by atoms with van der Waals surface area (Å²) in [6.07, 6.45) is 33.8. The van der Waals surface area contributed by atoms with Gasteiger partial charge in [0.25, 0.3) is 7.82 Å². The van der Waals surface area contributed by atoms with Crippen molar-refractivity contribution in [2.45, 2.75) is 212 Å². The molecule has 0 saturated carbocycles. The van der Waals surface area contributed by atoms with Gasteiger partial charge < -0.3 is 28.8 Å². The molecule has 8 nitrogen and oxygen atoms in total. The molecule has 0 saturated heterocycles. The second kappa shape index (κ2) is 33.3. The number of aliphatic hydroxyl groups is 1. The number of quaternary nitrogens is 1. The average Bonchev–Trinajstić information content (AvgIpc) is 3.04. The molecule has 0 aliphatic carbocycles. The van der Waals surface area contributed by atoms with Gasteiger partial charge in [-0.15, -0.1) is 0 Å². The molecule has 1 amide bonds. The Bertz CT molecular complexity index is 778. The fourth-order valence-corrected chi connectivity index (χ4v) is 6.94. The Labute approximate surface area is 304 Å². The van der Waals surface area contributed by atoms with Crippen LogP contribution in [0.15, 0.2) is 0 Å². The first-order valence-corrected chi connectivity index (χ1v) is 22.3. The number of nitrogens with zero attached hydrogens (tertiary/aromatic N) is 1. The summed E-state index contributed by atoms with van der Waals surface area (Å²) in [5.74, 6) is -0.163. The lowest BCUT2D eigenvalue weighted by molar-refractivity contribution is -0.870. The summed E-state index contributed by atoms with van der Waals surface area (Å²) in [6, 6.07) is -0.791. The number of aliphatic hydroxyl groups excluding tert-OH is 1. The minimum Gasteiger partial charge on any atom is -0.756 e. The fraction of sp³-hybridized carbons (Fsp3) is 0.975. The molecule has 294 valence electrons. The highest BCUT2D eigenvalue weighted by atomic mass is 31.2. The van der Waals surface area contributed by atoms with E-state index in [0.29, 0.717) is 23.9 Å². The number of hydrogen-bond acceptors (Lipinski definition) is 6. The zero-order chi connectivity index (χ0) is 36.5. The summed E-state index contributed by atoms with van der Waals surface area (Å²) in [6.45, 7) is 4.72. The number of carbonyl (C=O) groups is 1. The van der Waals surface area contributed by atoms with Gasteiger partial charge in [-0.05, 0) is 12.8 Å². The summed E-state index contributed by atoms with van der Waals surface area (Å²) in [5, 5.41) is 13.8. The van der Waals surface area contributed by atoms with Crippen molar-refractivity contribution in [1.29, 1.82) is 0 Å². The zero-order valence-electron chi connectivity index (χ0n) is 33.2. The second-order valence-corrected chi connectivity index (χ2v) is 17.1. The fourth-order valence-electron chi connectivity index (χ4n) is 6.22. The highest BCUT2D eigenvalue weighted by Gasteiger charge is 2.24. The molecule has 0 aromatic carbocycles. The number of likely N-dealkylation sites (N-methyl/N-ethyl adjacent to an activating group) is 1. The number of nitrogens with one attached hydrogen (secondary N) is 1. The van der Waals surface area contributed by atoms with Gasteiger partial charge >= 0.3 is 0 Å². The van der Waals surface area contributed by atoms with E-state index in [2.05, 4.69) is 19.2 Å². The van der Waals surface area contributed by atoms with Crippen LogP contribution in [0.3, 0.4) is 0 Å². The molecule has 0 aromatic rings. The first-order chi connectivity index (χ1) is 23.5. The quantitative estimate of drug-likeness (QED) is 0.0374. The van der Waals surface area contributed by atoms with Crippen molar-refractivity contribution in [2.75, 3.05) is 40.9 Å². The van der Waals surface area contributed by atoms with E-state index in [-0.39, 0.29) is 19.1 Å². The Morgan fingerprint density at radius 2 is 1.00 bits per heavy atom. The zero-order valence-corrected chi connectivity index (χ0v) is 34.1. The summed E-state index contributed by atoms with van der Waals surface area (Å²) in [7, 11) is 1.31. The molecule has 0 fully saturated rings. The molecular weight excluding hydrogens is 635 g/mol. The van der Waals surface area contributed by atoms with Crippen LogP contribution < -0.4 is 10.2 Å². The standard InChI is InChI=1S/C40H83N2O6P/c1-6-8-10-12-14-16-18-19-20-21-22-24-26-28-30-32-34-40(44)41-38(37-48-49(45,46)47-36-35-42(3,4)5)39(43)33-31-29-27-25-23-17-15-13-11-9-7-2/h38-39,43H,6-37H2,1-5H3,(H-,41,44,45,46). The topological polar surface area (TPSA) is 108 Å². The first kappa shape index (κ1) is 48.5. The highest BCUT2D eigenvalue weighted by Crippen LogP contribution is 2.38. The van der Waals surface area contributed by atoms with Crippen molar-refractivity contribution in [3.8, 4) is 0 Å². The summed E-state index contributed by atoms with van der Waals surface area (Å²) in [5.41, 5.74) is 0. The van der Waals surface area contributed by atoms with Gasteiger partial charge in [0.05, 0.1) is 39.9 Å². The highest BCUT2D eigenvalue weighted by molar-refractivity contribution is 7.45. The van der Waals surface area contributed by atoms with Gasteiger partial charge in [0.2, 0.25) is 5.91 Å².